The van der Waals surface area contributed by atoms with E-state index in [1.54, 1.807) is 12.1 Å². The van der Waals surface area contributed by atoms with Gasteiger partial charge in [0.25, 0.3) is 0 Å². The third-order valence-corrected chi connectivity index (χ3v) is 2.21. The summed E-state index contributed by atoms with van der Waals surface area (Å²) in [6, 6.07) is 4.63. The molecule has 5 heteroatoms. The van der Waals surface area contributed by atoms with Crippen LogP contribution in [0.2, 0.25) is 0 Å². The number of carbonyl (C=O) groups is 1. The average Bonchev–Trinajstić information content (AvgIpc) is 2.27. The molecule has 0 saturated carbocycles. The van der Waals surface area contributed by atoms with Gasteiger partial charge in [-0.05, 0) is 23.5 Å². The first-order chi connectivity index (χ1) is 7.10. The van der Waals surface area contributed by atoms with Crippen molar-refractivity contribution in [3.63, 3.8) is 0 Å². The van der Waals surface area contributed by atoms with E-state index in [9.17, 15) is 4.79 Å². The highest BCUT2D eigenvalue weighted by Crippen LogP contribution is 2.09. The molecule has 15 heavy (non-hydrogen) atoms. The maximum Gasteiger partial charge on any atom is 0.488 e. The zero-order valence-electron chi connectivity index (χ0n) is 8.73. The predicted octanol–water partition coefficient (Wildman–Crippen LogP) is -0.285. The predicted molar refractivity (Wildman–Crippen MR) is 57.0 cm³/mol. The lowest BCUT2D eigenvalue weighted by Gasteiger charge is -2.08. The van der Waals surface area contributed by atoms with Gasteiger partial charge in [-0.2, -0.15) is 0 Å². The SMILES string of the molecule is CCc1cc(B(O)O)ccc1C(=O)OC. The van der Waals surface area contributed by atoms with E-state index in [1.807, 2.05) is 6.92 Å². The summed E-state index contributed by atoms with van der Waals surface area (Å²) in [5, 5.41) is 17.9. The van der Waals surface area contributed by atoms with Crippen LogP contribution in [0.4, 0.5) is 0 Å². The van der Waals surface area contributed by atoms with Crippen molar-refractivity contribution in [1.82, 2.24) is 0 Å². The molecule has 0 radical (unpaired) electrons. The summed E-state index contributed by atoms with van der Waals surface area (Å²) in [6.07, 6.45) is 0.630. The number of hydrogen-bond donors (Lipinski definition) is 2. The Balaban J connectivity index is 3.15. The molecule has 80 valence electrons. The molecule has 1 rings (SSSR count). The van der Waals surface area contributed by atoms with Crippen molar-refractivity contribution in [1.29, 1.82) is 0 Å². The van der Waals surface area contributed by atoms with Crippen molar-refractivity contribution >= 4 is 18.6 Å². The van der Waals surface area contributed by atoms with Crippen LogP contribution >= 0.6 is 0 Å². The molecule has 0 aliphatic carbocycles. The van der Waals surface area contributed by atoms with Crippen molar-refractivity contribution in [2.75, 3.05) is 7.11 Å². The van der Waals surface area contributed by atoms with E-state index >= 15 is 0 Å². The summed E-state index contributed by atoms with van der Waals surface area (Å²) in [5.74, 6) is -0.411. The molecule has 0 spiro atoms. The van der Waals surface area contributed by atoms with Gasteiger partial charge in [-0.15, -0.1) is 0 Å². The maximum absolute atomic E-state index is 11.3. The zero-order chi connectivity index (χ0) is 11.4. The number of carbonyl (C=O) groups excluding carboxylic acids is 1. The molecular formula is C10H13BO4. The van der Waals surface area contributed by atoms with Crippen molar-refractivity contribution in [3.8, 4) is 0 Å². The van der Waals surface area contributed by atoms with Gasteiger partial charge in [0.05, 0.1) is 12.7 Å². The first-order valence-electron chi connectivity index (χ1n) is 4.67. The minimum atomic E-state index is -1.51. The van der Waals surface area contributed by atoms with Crippen LogP contribution in [0.3, 0.4) is 0 Å². The van der Waals surface area contributed by atoms with Crippen LogP contribution < -0.4 is 5.46 Å². The third kappa shape index (κ3) is 2.58. The molecule has 4 nitrogen and oxygen atoms in total. The van der Waals surface area contributed by atoms with Crippen molar-refractivity contribution < 1.29 is 19.6 Å². The Kier molecular flexibility index (Phi) is 3.88. The summed E-state index contributed by atoms with van der Waals surface area (Å²) < 4.78 is 4.62. The van der Waals surface area contributed by atoms with Crippen LogP contribution in [0.1, 0.15) is 22.8 Å². The number of hydrogen-bond acceptors (Lipinski definition) is 4. The van der Waals surface area contributed by atoms with Crippen LogP contribution in [-0.2, 0) is 11.2 Å². The number of methoxy groups -OCH3 is 1. The third-order valence-electron chi connectivity index (χ3n) is 2.21. The van der Waals surface area contributed by atoms with E-state index in [0.717, 1.165) is 5.56 Å². The maximum atomic E-state index is 11.3. The van der Waals surface area contributed by atoms with Crippen LogP contribution in [0, 0.1) is 0 Å². The highest BCUT2D eigenvalue weighted by molar-refractivity contribution is 6.58. The molecule has 0 aliphatic heterocycles. The Morgan fingerprint density at radius 3 is 2.60 bits per heavy atom. The lowest BCUT2D eigenvalue weighted by atomic mass is 9.78. The Hall–Kier alpha value is -1.33. The summed E-state index contributed by atoms with van der Waals surface area (Å²) in [4.78, 5) is 11.3. The molecule has 0 amide bonds. The Bertz CT molecular complexity index is 362. The van der Waals surface area contributed by atoms with Crippen LogP contribution in [0.5, 0.6) is 0 Å². The van der Waals surface area contributed by atoms with E-state index in [0.29, 0.717) is 17.4 Å². The largest absolute Gasteiger partial charge is 0.488 e. The Morgan fingerprint density at radius 1 is 1.47 bits per heavy atom. The van der Waals surface area contributed by atoms with E-state index in [-0.39, 0.29) is 0 Å². The highest BCUT2D eigenvalue weighted by atomic mass is 16.5. The minimum Gasteiger partial charge on any atom is -0.465 e. The lowest BCUT2D eigenvalue weighted by Crippen LogP contribution is -2.30. The zero-order valence-corrected chi connectivity index (χ0v) is 8.73. The summed E-state index contributed by atoms with van der Waals surface area (Å²) >= 11 is 0. The van der Waals surface area contributed by atoms with Crippen LogP contribution in [-0.4, -0.2) is 30.2 Å². The molecular weight excluding hydrogens is 195 g/mol. The molecule has 1 aromatic carbocycles. The van der Waals surface area contributed by atoms with E-state index in [4.69, 9.17) is 10.0 Å². The summed E-state index contributed by atoms with van der Waals surface area (Å²) in [6.45, 7) is 1.88. The molecule has 0 unspecified atom stereocenters. The topological polar surface area (TPSA) is 66.8 Å². The second-order valence-corrected chi connectivity index (χ2v) is 3.14. The smallest absolute Gasteiger partial charge is 0.465 e. The fourth-order valence-electron chi connectivity index (χ4n) is 1.38. The molecule has 0 bridgehead atoms. The van der Waals surface area contributed by atoms with E-state index < -0.39 is 13.1 Å². The van der Waals surface area contributed by atoms with Crippen molar-refractivity contribution in [2.24, 2.45) is 0 Å². The van der Waals surface area contributed by atoms with Gasteiger partial charge in [0.15, 0.2) is 0 Å². The molecule has 0 saturated heterocycles. The van der Waals surface area contributed by atoms with Gasteiger partial charge in [-0.1, -0.05) is 19.1 Å². The average molecular weight is 208 g/mol. The number of ether oxygens (including phenoxy) is 1. The highest BCUT2D eigenvalue weighted by Gasteiger charge is 2.16. The number of rotatable bonds is 3. The fourth-order valence-corrected chi connectivity index (χ4v) is 1.38. The molecule has 0 fully saturated rings. The standard InChI is InChI=1S/C10H13BO4/c1-3-7-6-8(11(13)14)4-5-9(7)10(12)15-2/h4-6,13-14H,3H2,1-2H3. The fraction of sp³-hybridized carbons (Fsp3) is 0.300. The van der Waals surface area contributed by atoms with Crippen LogP contribution in [0.25, 0.3) is 0 Å². The van der Waals surface area contributed by atoms with Crippen LogP contribution in [0.15, 0.2) is 18.2 Å². The number of esters is 1. The van der Waals surface area contributed by atoms with Gasteiger partial charge < -0.3 is 14.8 Å². The Morgan fingerprint density at radius 2 is 2.13 bits per heavy atom. The molecule has 0 atom stereocenters. The second kappa shape index (κ2) is 4.95. The summed E-state index contributed by atoms with van der Waals surface area (Å²) in [5.41, 5.74) is 1.58. The Labute approximate surface area is 88.6 Å². The first-order valence-corrected chi connectivity index (χ1v) is 4.67. The monoisotopic (exact) mass is 208 g/mol. The number of benzene rings is 1. The molecule has 2 N–H and O–H groups in total. The van der Waals surface area contributed by atoms with Gasteiger partial charge >= 0.3 is 13.1 Å². The molecule has 0 aromatic heterocycles. The van der Waals surface area contributed by atoms with E-state index in [1.165, 1.54) is 13.2 Å². The normalized spacial score (nSPS) is 9.87. The first kappa shape index (κ1) is 11.7. The molecule has 1 aromatic rings. The van der Waals surface area contributed by atoms with Gasteiger partial charge in [0.2, 0.25) is 0 Å². The molecule has 0 heterocycles. The lowest BCUT2D eigenvalue weighted by molar-refractivity contribution is 0.0599. The quantitative estimate of drug-likeness (QED) is 0.529. The van der Waals surface area contributed by atoms with Gasteiger partial charge in [0.1, 0.15) is 0 Å². The second-order valence-electron chi connectivity index (χ2n) is 3.14. The van der Waals surface area contributed by atoms with Gasteiger partial charge in [-0.3, -0.25) is 0 Å². The summed E-state index contributed by atoms with van der Waals surface area (Å²) in [7, 11) is -0.196. The minimum absolute atomic E-state index is 0.375. The van der Waals surface area contributed by atoms with Crippen molar-refractivity contribution in [2.45, 2.75) is 13.3 Å². The van der Waals surface area contributed by atoms with Crippen molar-refractivity contribution in [3.05, 3.63) is 29.3 Å². The van der Waals surface area contributed by atoms with E-state index in [2.05, 4.69) is 4.74 Å². The molecule has 0 aliphatic rings. The van der Waals surface area contributed by atoms with Gasteiger partial charge in [-0.25, -0.2) is 4.79 Å². The van der Waals surface area contributed by atoms with Gasteiger partial charge in [0, 0.05) is 0 Å². The number of aryl methyl sites for hydroxylation is 1.